The molecule has 0 fully saturated rings. The Morgan fingerprint density at radius 2 is 1.65 bits per heavy atom. The van der Waals surface area contributed by atoms with Crippen molar-refractivity contribution in [1.82, 2.24) is 0 Å². The minimum Gasteiger partial charge on any atom is -0.508 e. The minimum absolute atomic E-state index is 0.512. The van der Waals surface area contributed by atoms with Gasteiger partial charge in [-0.25, -0.2) is 0 Å². The molecule has 0 atom stereocenters. The zero-order chi connectivity index (χ0) is 12.1. The van der Waals surface area contributed by atoms with Crippen LogP contribution in [-0.2, 0) is 19.3 Å². The predicted molar refractivity (Wildman–Crippen MR) is 72.6 cm³/mol. The van der Waals surface area contributed by atoms with Gasteiger partial charge in [0.05, 0.1) is 0 Å². The van der Waals surface area contributed by atoms with Crippen LogP contribution in [0.2, 0.25) is 0 Å². The molecule has 0 aromatic heterocycles. The number of aryl methyl sites for hydroxylation is 1. The molecule has 0 unspecified atom stereocenters. The van der Waals surface area contributed by atoms with Gasteiger partial charge in [-0.15, -0.1) is 0 Å². The maximum Gasteiger partial charge on any atom is 0.119 e. The van der Waals surface area contributed by atoms with Crippen LogP contribution in [0.1, 0.15) is 62.1 Å². The quantitative estimate of drug-likeness (QED) is 0.691. The zero-order valence-corrected chi connectivity index (χ0v) is 11.0. The first-order valence-corrected chi connectivity index (χ1v) is 7.15. The summed E-state index contributed by atoms with van der Waals surface area (Å²) in [5.74, 6) is 0.512. The van der Waals surface area contributed by atoms with Crippen LogP contribution in [0.25, 0.3) is 0 Å². The van der Waals surface area contributed by atoms with Crippen molar-refractivity contribution in [1.29, 1.82) is 0 Å². The molecule has 17 heavy (non-hydrogen) atoms. The third-order valence-corrected chi connectivity index (χ3v) is 3.93. The highest BCUT2D eigenvalue weighted by atomic mass is 16.3. The Morgan fingerprint density at radius 3 is 2.35 bits per heavy atom. The molecule has 0 spiro atoms. The van der Waals surface area contributed by atoms with E-state index in [-0.39, 0.29) is 0 Å². The van der Waals surface area contributed by atoms with Gasteiger partial charge in [0.25, 0.3) is 0 Å². The summed E-state index contributed by atoms with van der Waals surface area (Å²) in [6.45, 7) is 2.26. The van der Waals surface area contributed by atoms with Gasteiger partial charge in [-0.05, 0) is 48.4 Å². The van der Waals surface area contributed by atoms with Gasteiger partial charge in [0, 0.05) is 0 Å². The first kappa shape index (κ1) is 12.5. The largest absolute Gasteiger partial charge is 0.508 e. The van der Waals surface area contributed by atoms with E-state index in [0.29, 0.717) is 5.75 Å². The molecule has 0 heterocycles. The fraction of sp³-hybridized carbons (Fsp3) is 0.625. The van der Waals surface area contributed by atoms with Gasteiger partial charge >= 0.3 is 0 Å². The summed E-state index contributed by atoms with van der Waals surface area (Å²) in [6, 6.07) is 4.00. The van der Waals surface area contributed by atoms with E-state index in [9.17, 15) is 5.11 Å². The molecule has 1 nitrogen and oxygen atoms in total. The zero-order valence-electron chi connectivity index (χ0n) is 11.0. The summed E-state index contributed by atoms with van der Waals surface area (Å²) in [5, 5.41) is 9.64. The lowest BCUT2D eigenvalue weighted by Gasteiger charge is -2.23. The van der Waals surface area contributed by atoms with E-state index in [4.69, 9.17) is 0 Å². The second-order valence-electron chi connectivity index (χ2n) is 5.22. The van der Waals surface area contributed by atoms with E-state index in [0.717, 1.165) is 6.42 Å². The maximum atomic E-state index is 9.64. The number of hydrogen-bond donors (Lipinski definition) is 1. The highest BCUT2D eigenvalue weighted by Crippen LogP contribution is 2.34. The molecular formula is C16H24O. The van der Waals surface area contributed by atoms with Crippen LogP contribution in [0.5, 0.6) is 5.75 Å². The van der Waals surface area contributed by atoms with Crippen LogP contribution in [0.4, 0.5) is 0 Å². The number of aromatic hydroxyl groups is 1. The SMILES string of the molecule is CCCCCCCCc1ccc(O)c2c1CC2. The number of benzene rings is 1. The molecule has 2 rings (SSSR count). The van der Waals surface area contributed by atoms with Crippen molar-refractivity contribution >= 4 is 0 Å². The van der Waals surface area contributed by atoms with Crippen molar-refractivity contribution in [3.05, 3.63) is 28.8 Å². The molecule has 1 aliphatic rings. The van der Waals surface area contributed by atoms with Crippen LogP contribution in [0.15, 0.2) is 12.1 Å². The van der Waals surface area contributed by atoms with Gasteiger partial charge in [-0.2, -0.15) is 0 Å². The Hall–Kier alpha value is -0.980. The van der Waals surface area contributed by atoms with E-state index < -0.39 is 0 Å². The van der Waals surface area contributed by atoms with Crippen LogP contribution in [-0.4, -0.2) is 5.11 Å². The van der Waals surface area contributed by atoms with E-state index >= 15 is 0 Å². The number of unbranched alkanes of at least 4 members (excludes halogenated alkanes) is 5. The van der Waals surface area contributed by atoms with Crippen molar-refractivity contribution in [2.24, 2.45) is 0 Å². The first-order valence-electron chi connectivity index (χ1n) is 7.15. The average molecular weight is 232 g/mol. The normalized spacial score (nSPS) is 13.2. The van der Waals surface area contributed by atoms with E-state index in [1.807, 2.05) is 6.07 Å². The topological polar surface area (TPSA) is 20.2 Å². The lowest BCUT2D eigenvalue weighted by molar-refractivity contribution is 0.460. The molecular weight excluding hydrogens is 208 g/mol. The number of fused-ring (bicyclic) bond motifs is 1. The van der Waals surface area contributed by atoms with Gasteiger partial charge in [0.2, 0.25) is 0 Å². The van der Waals surface area contributed by atoms with Gasteiger partial charge in [-0.3, -0.25) is 0 Å². The second-order valence-corrected chi connectivity index (χ2v) is 5.22. The van der Waals surface area contributed by atoms with Crippen LogP contribution >= 0.6 is 0 Å². The molecule has 0 amide bonds. The molecule has 1 aromatic carbocycles. The highest BCUT2D eigenvalue weighted by molar-refractivity contribution is 5.50. The molecule has 1 aliphatic carbocycles. The molecule has 0 saturated carbocycles. The van der Waals surface area contributed by atoms with Crippen molar-refractivity contribution in [2.45, 2.75) is 64.7 Å². The fourth-order valence-corrected chi connectivity index (χ4v) is 2.72. The summed E-state index contributed by atoms with van der Waals surface area (Å²) in [6.07, 6.45) is 11.6. The maximum absolute atomic E-state index is 9.64. The van der Waals surface area contributed by atoms with Gasteiger partial charge < -0.3 is 5.11 Å². The number of hydrogen-bond acceptors (Lipinski definition) is 1. The Balaban J connectivity index is 1.75. The Morgan fingerprint density at radius 1 is 0.941 bits per heavy atom. The molecule has 0 bridgehead atoms. The van der Waals surface area contributed by atoms with Crippen molar-refractivity contribution in [3.8, 4) is 5.75 Å². The predicted octanol–water partition coefficient (Wildman–Crippen LogP) is 4.39. The third kappa shape index (κ3) is 3.02. The number of phenolic OH excluding ortho intramolecular Hbond substituents is 1. The van der Waals surface area contributed by atoms with Gasteiger partial charge in [-0.1, -0.05) is 45.1 Å². The van der Waals surface area contributed by atoms with Crippen LogP contribution in [0, 0.1) is 0 Å². The molecule has 1 N–H and O–H groups in total. The summed E-state index contributed by atoms with van der Waals surface area (Å²) in [7, 11) is 0. The Bertz CT molecular complexity index is 368. The third-order valence-electron chi connectivity index (χ3n) is 3.93. The summed E-state index contributed by atoms with van der Waals surface area (Å²) >= 11 is 0. The molecule has 0 saturated heterocycles. The first-order chi connectivity index (χ1) is 8.33. The number of phenols is 1. The summed E-state index contributed by atoms with van der Waals surface area (Å²) in [5.41, 5.74) is 4.14. The number of rotatable bonds is 7. The van der Waals surface area contributed by atoms with Crippen molar-refractivity contribution in [2.75, 3.05) is 0 Å². The minimum atomic E-state index is 0.512. The summed E-state index contributed by atoms with van der Waals surface area (Å²) < 4.78 is 0. The van der Waals surface area contributed by atoms with Crippen molar-refractivity contribution < 1.29 is 5.11 Å². The molecule has 1 aromatic rings. The van der Waals surface area contributed by atoms with Crippen LogP contribution < -0.4 is 0 Å². The van der Waals surface area contributed by atoms with E-state index in [1.54, 1.807) is 0 Å². The average Bonchev–Trinajstić information content (AvgIpc) is 2.27. The monoisotopic (exact) mass is 232 g/mol. The lowest BCUT2D eigenvalue weighted by atomic mass is 9.82. The molecule has 0 aliphatic heterocycles. The second kappa shape index (κ2) is 6.09. The van der Waals surface area contributed by atoms with Crippen LogP contribution in [0.3, 0.4) is 0 Å². The van der Waals surface area contributed by atoms with E-state index in [2.05, 4.69) is 13.0 Å². The molecule has 1 heteroatoms. The Labute approximate surface area is 105 Å². The van der Waals surface area contributed by atoms with Gasteiger partial charge in [0.1, 0.15) is 5.75 Å². The molecule has 94 valence electrons. The summed E-state index contributed by atoms with van der Waals surface area (Å²) in [4.78, 5) is 0. The van der Waals surface area contributed by atoms with Gasteiger partial charge in [0.15, 0.2) is 0 Å². The highest BCUT2D eigenvalue weighted by Gasteiger charge is 2.20. The standard InChI is InChI=1S/C16H24O/c1-2-3-4-5-6-7-8-13-9-12-16(17)15-11-10-14(13)15/h9,12,17H,2-8,10-11H2,1H3. The van der Waals surface area contributed by atoms with E-state index in [1.165, 1.54) is 68.1 Å². The molecule has 0 radical (unpaired) electrons. The lowest BCUT2D eigenvalue weighted by Crippen LogP contribution is -2.12. The van der Waals surface area contributed by atoms with Crippen molar-refractivity contribution in [3.63, 3.8) is 0 Å². The Kier molecular flexibility index (Phi) is 4.47. The smallest absolute Gasteiger partial charge is 0.119 e. The fourth-order valence-electron chi connectivity index (χ4n) is 2.72.